The second-order valence-electron chi connectivity index (χ2n) is 4.29. The Labute approximate surface area is 123 Å². The molecule has 0 saturated carbocycles. The number of amides is 1. The van der Waals surface area contributed by atoms with Gasteiger partial charge in [-0.05, 0) is 19.1 Å². The first-order valence-electron chi connectivity index (χ1n) is 6.08. The van der Waals surface area contributed by atoms with Crippen molar-refractivity contribution in [3.8, 4) is 11.6 Å². The molecule has 9 nitrogen and oxygen atoms in total. The van der Waals surface area contributed by atoms with Crippen LogP contribution < -0.4 is 16.7 Å². The summed E-state index contributed by atoms with van der Waals surface area (Å²) < 4.78 is 0. The lowest BCUT2D eigenvalue weighted by atomic mass is 10.2. The van der Waals surface area contributed by atoms with Crippen LogP contribution in [-0.2, 0) is 0 Å². The number of hydrogen-bond donors (Lipinski definition) is 5. The Hall–Kier alpha value is -3.36. The van der Waals surface area contributed by atoms with Crippen molar-refractivity contribution in [2.24, 2.45) is 5.10 Å². The fraction of sp³-hybridized carbons (Fsp3) is 0.0769. The van der Waals surface area contributed by atoms with Crippen LogP contribution in [0.2, 0.25) is 0 Å². The number of aromatic amines is 2. The summed E-state index contributed by atoms with van der Waals surface area (Å²) in [5, 5.41) is 22.8. The predicted molar refractivity (Wildman–Crippen MR) is 77.1 cm³/mol. The summed E-state index contributed by atoms with van der Waals surface area (Å²) in [4.78, 5) is 38.3. The SMILES string of the molecule is C/C(=N/NC(=O)c1ccccc1O)c1c(O)[nH]c(=O)[nH]c1=O. The maximum atomic E-state index is 11.8. The van der Waals surface area contributed by atoms with Crippen molar-refractivity contribution in [3.63, 3.8) is 0 Å². The third-order valence-corrected chi connectivity index (χ3v) is 2.76. The number of para-hydroxylation sites is 1. The van der Waals surface area contributed by atoms with E-state index in [0.29, 0.717) is 0 Å². The van der Waals surface area contributed by atoms with Gasteiger partial charge in [0.05, 0.1) is 11.3 Å². The van der Waals surface area contributed by atoms with Crippen LogP contribution in [0.5, 0.6) is 11.6 Å². The molecule has 0 atom stereocenters. The minimum atomic E-state index is -0.864. The highest BCUT2D eigenvalue weighted by Gasteiger charge is 2.13. The zero-order chi connectivity index (χ0) is 16.3. The van der Waals surface area contributed by atoms with Crippen molar-refractivity contribution in [1.82, 2.24) is 15.4 Å². The summed E-state index contributed by atoms with van der Waals surface area (Å²) in [6, 6.07) is 5.84. The van der Waals surface area contributed by atoms with E-state index in [1.54, 1.807) is 12.1 Å². The maximum absolute atomic E-state index is 11.8. The highest BCUT2D eigenvalue weighted by atomic mass is 16.3. The number of aromatic hydroxyl groups is 2. The zero-order valence-electron chi connectivity index (χ0n) is 11.4. The predicted octanol–water partition coefficient (Wildman–Crippen LogP) is -0.372. The largest absolute Gasteiger partial charge is 0.507 e. The molecule has 0 spiro atoms. The molecule has 22 heavy (non-hydrogen) atoms. The number of hydrogen-bond acceptors (Lipinski definition) is 6. The van der Waals surface area contributed by atoms with Gasteiger partial charge in [0, 0.05) is 0 Å². The minimum Gasteiger partial charge on any atom is -0.507 e. The number of nitrogens with zero attached hydrogens (tertiary/aromatic N) is 1. The number of nitrogens with one attached hydrogen (secondary N) is 3. The zero-order valence-corrected chi connectivity index (χ0v) is 11.4. The molecule has 9 heteroatoms. The molecule has 1 heterocycles. The van der Waals surface area contributed by atoms with E-state index in [4.69, 9.17) is 0 Å². The standard InChI is InChI=1S/C13H12N4O5/c1-6(9-11(20)14-13(22)15-12(9)21)16-17-10(19)7-4-2-3-5-8(7)18/h2-5,18H,1H3,(H,17,19)(H3,14,15,20,21,22)/b16-6-. The molecule has 0 aliphatic heterocycles. The van der Waals surface area contributed by atoms with Crippen LogP contribution in [0.4, 0.5) is 0 Å². The quantitative estimate of drug-likeness (QED) is 0.387. The summed E-state index contributed by atoms with van der Waals surface area (Å²) in [6.45, 7) is 1.35. The second kappa shape index (κ2) is 5.95. The molecule has 2 aromatic rings. The summed E-state index contributed by atoms with van der Waals surface area (Å²) in [7, 11) is 0. The molecule has 0 aliphatic carbocycles. The second-order valence-corrected chi connectivity index (χ2v) is 4.29. The Morgan fingerprint density at radius 1 is 1.18 bits per heavy atom. The number of carbonyl (C=O) groups is 1. The Balaban J connectivity index is 2.28. The van der Waals surface area contributed by atoms with Gasteiger partial charge in [-0.3, -0.25) is 19.6 Å². The number of rotatable bonds is 3. The summed E-state index contributed by atoms with van der Waals surface area (Å²) in [5.41, 5.74) is 0.118. The third-order valence-electron chi connectivity index (χ3n) is 2.76. The van der Waals surface area contributed by atoms with E-state index in [1.807, 2.05) is 9.97 Å². The Morgan fingerprint density at radius 2 is 1.86 bits per heavy atom. The van der Waals surface area contributed by atoms with E-state index in [9.17, 15) is 24.6 Å². The first-order chi connectivity index (χ1) is 10.4. The maximum Gasteiger partial charge on any atom is 0.328 e. The van der Waals surface area contributed by atoms with Gasteiger partial charge >= 0.3 is 5.69 Å². The summed E-state index contributed by atoms with van der Waals surface area (Å²) in [6.07, 6.45) is 0. The van der Waals surface area contributed by atoms with Crippen LogP contribution in [0.15, 0.2) is 39.0 Å². The van der Waals surface area contributed by atoms with E-state index in [2.05, 4.69) is 10.5 Å². The molecule has 2 rings (SSSR count). The molecule has 0 saturated heterocycles. The Morgan fingerprint density at radius 3 is 2.50 bits per heavy atom. The van der Waals surface area contributed by atoms with Gasteiger partial charge in [-0.2, -0.15) is 5.10 Å². The van der Waals surface area contributed by atoms with Crippen molar-refractivity contribution in [2.45, 2.75) is 6.92 Å². The smallest absolute Gasteiger partial charge is 0.328 e. The van der Waals surface area contributed by atoms with Gasteiger partial charge in [0.25, 0.3) is 11.5 Å². The van der Waals surface area contributed by atoms with Crippen molar-refractivity contribution in [1.29, 1.82) is 0 Å². The number of H-pyrrole nitrogens is 2. The molecule has 1 amide bonds. The lowest BCUT2D eigenvalue weighted by Gasteiger charge is -2.05. The molecule has 1 aromatic carbocycles. The van der Waals surface area contributed by atoms with Gasteiger partial charge < -0.3 is 10.2 Å². The fourth-order valence-electron chi connectivity index (χ4n) is 1.73. The number of aromatic nitrogens is 2. The van der Waals surface area contributed by atoms with Crippen LogP contribution in [-0.4, -0.2) is 31.8 Å². The van der Waals surface area contributed by atoms with Gasteiger partial charge in [0.2, 0.25) is 5.88 Å². The molecular weight excluding hydrogens is 292 g/mol. The molecular formula is C13H12N4O5. The van der Waals surface area contributed by atoms with Crippen LogP contribution in [0, 0.1) is 0 Å². The van der Waals surface area contributed by atoms with Crippen molar-refractivity contribution >= 4 is 11.6 Å². The molecule has 0 radical (unpaired) electrons. The van der Waals surface area contributed by atoms with E-state index < -0.39 is 23.0 Å². The number of benzene rings is 1. The topological polar surface area (TPSA) is 148 Å². The molecule has 0 aliphatic rings. The van der Waals surface area contributed by atoms with E-state index in [1.165, 1.54) is 19.1 Å². The van der Waals surface area contributed by atoms with Crippen LogP contribution in [0.1, 0.15) is 22.8 Å². The van der Waals surface area contributed by atoms with Gasteiger partial charge in [-0.15, -0.1) is 0 Å². The number of phenolic OH excluding ortho intramolecular Hbond substituents is 1. The normalized spacial score (nSPS) is 11.2. The Kier molecular flexibility index (Phi) is 4.07. The van der Waals surface area contributed by atoms with Crippen LogP contribution in [0.25, 0.3) is 0 Å². The fourth-order valence-corrected chi connectivity index (χ4v) is 1.73. The summed E-state index contributed by atoms with van der Waals surface area (Å²) in [5.74, 6) is -1.58. The van der Waals surface area contributed by atoms with Crippen molar-refractivity contribution in [2.75, 3.05) is 0 Å². The van der Waals surface area contributed by atoms with Crippen molar-refractivity contribution < 1.29 is 15.0 Å². The highest BCUT2D eigenvalue weighted by Crippen LogP contribution is 2.15. The average molecular weight is 304 g/mol. The van der Waals surface area contributed by atoms with Gasteiger partial charge in [-0.25, -0.2) is 10.2 Å². The molecule has 0 fully saturated rings. The number of carbonyl (C=O) groups excluding carboxylic acids is 1. The monoisotopic (exact) mass is 304 g/mol. The van der Waals surface area contributed by atoms with E-state index in [-0.39, 0.29) is 22.6 Å². The highest BCUT2D eigenvalue weighted by molar-refractivity contribution is 6.02. The van der Waals surface area contributed by atoms with Crippen LogP contribution in [0.3, 0.4) is 0 Å². The van der Waals surface area contributed by atoms with Gasteiger partial charge in [-0.1, -0.05) is 12.1 Å². The average Bonchev–Trinajstić information content (AvgIpc) is 2.44. The van der Waals surface area contributed by atoms with E-state index >= 15 is 0 Å². The molecule has 5 N–H and O–H groups in total. The Bertz CT molecular complexity index is 865. The molecule has 0 bridgehead atoms. The van der Waals surface area contributed by atoms with E-state index in [0.717, 1.165) is 0 Å². The minimum absolute atomic E-state index is 0.00125. The molecule has 0 unspecified atom stereocenters. The van der Waals surface area contributed by atoms with Gasteiger partial charge in [0.15, 0.2) is 0 Å². The van der Waals surface area contributed by atoms with Gasteiger partial charge in [0.1, 0.15) is 11.3 Å². The number of hydrazone groups is 1. The first-order valence-corrected chi connectivity index (χ1v) is 6.08. The van der Waals surface area contributed by atoms with Crippen LogP contribution >= 0.6 is 0 Å². The molecule has 1 aromatic heterocycles. The molecule has 114 valence electrons. The third kappa shape index (κ3) is 3.03. The van der Waals surface area contributed by atoms with Crippen molar-refractivity contribution in [3.05, 3.63) is 56.2 Å². The lowest BCUT2D eigenvalue weighted by molar-refractivity contribution is 0.0952. The number of phenols is 1. The summed E-state index contributed by atoms with van der Waals surface area (Å²) >= 11 is 0. The first kappa shape index (κ1) is 15.0. The lowest BCUT2D eigenvalue weighted by Crippen LogP contribution is -2.28.